The summed E-state index contributed by atoms with van der Waals surface area (Å²) in [6.45, 7) is 4.62. The lowest BCUT2D eigenvalue weighted by atomic mass is 10.2. The molecule has 6 heteroatoms. The fourth-order valence-corrected chi connectivity index (χ4v) is 2.52. The van der Waals surface area contributed by atoms with Gasteiger partial charge in [0.1, 0.15) is 17.7 Å². The molecule has 1 aromatic rings. The fraction of sp³-hybridized carbons (Fsp3) is 0.500. The van der Waals surface area contributed by atoms with Crippen LogP contribution in [0.5, 0.6) is 5.75 Å². The first-order chi connectivity index (χ1) is 9.65. The topological polar surface area (TPSA) is 42.0 Å². The molecule has 0 radical (unpaired) electrons. The first-order valence-corrected chi connectivity index (χ1v) is 6.75. The van der Waals surface area contributed by atoms with E-state index >= 15 is 0 Å². The van der Waals surface area contributed by atoms with Crippen molar-refractivity contribution in [3.8, 4) is 5.75 Å². The van der Waals surface area contributed by atoms with Crippen LogP contribution in [0.1, 0.15) is 6.92 Å². The van der Waals surface area contributed by atoms with E-state index in [0.717, 1.165) is 0 Å². The van der Waals surface area contributed by atoms with E-state index in [0.29, 0.717) is 44.3 Å². The van der Waals surface area contributed by atoms with Crippen LogP contribution in [0.4, 0.5) is 14.9 Å². The van der Waals surface area contributed by atoms with Gasteiger partial charge in [0.2, 0.25) is 0 Å². The molecule has 1 aromatic carbocycles. The number of nitrogens with zero attached hydrogens (tertiary/aromatic N) is 2. The van der Waals surface area contributed by atoms with Crippen LogP contribution in [0.2, 0.25) is 0 Å². The third-order valence-corrected chi connectivity index (χ3v) is 3.49. The van der Waals surface area contributed by atoms with Crippen LogP contribution < -0.4 is 9.64 Å². The van der Waals surface area contributed by atoms with Crippen LogP contribution in [0.15, 0.2) is 18.2 Å². The van der Waals surface area contributed by atoms with Crippen molar-refractivity contribution in [1.82, 2.24) is 4.90 Å². The maximum absolute atomic E-state index is 13.3. The zero-order valence-electron chi connectivity index (χ0n) is 11.3. The van der Waals surface area contributed by atoms with Crippen molar-refractivity contribution in [2.45, 2.75) is 13.0 Å². The summed E-state index contributed by atoms with van der Waals surface area (Å²) < 4.78 is 24.2. The molecule has 1 atom stereocenters. The number of halogens is 1. The molecular weight excluding hydrogens is 263 g/mol. The average molecular weight is 280 g/mol. The van der Waals surface area contributed by atoms with Crippen molar-refractivity contribution in [3.63, 3.8) is 0 Å². The lowest BCUT2D eigenvalue weighted by Gasteiger charge is -2.37. The molecule has 2 aliphatic heterocycles. The Morgan fingerprint density at radius 2 is 2.10 bits per heavy atom. The summed E-state index contributed by atoms with van der Waals surface area (Å²) in [4.78, 5) is 16.0. The highest BCUT2D eigenvalue weighted by atomic mass is 19.1. The molecule has 108 valence electrons. The molecule has 0 N–H and O–H groups in total. The SMILES string of the molecule is C[C@@H]1CN(C(=O)N2CCOCC2)c2ccc(F)cc2O1. The minimum absolute atomic E-state index is 0.0729. The van der Waals surface area contributed by atoms with Crippen LogP contribution in [0.3, 0.4) is 0 Å². The maximum Gasteiger partial charge on any atom is 0.324 e. The molecule has 0 aliphatic carbocycles. The van der Waals surface area contributed by atoms with Gasteiger partial charge in [0.25, 0.3) is 0 Å². The van der Waals surface area contributed by atoms with Crippen LogP contribution >= 0.6 is 0 Å². The van der Waals surface area contributed by atoms with Crippen molar-refractivity contribution in [1.29, 1.82) is 0 Å². The van der Waals surface area contributed by atoms with Gasteiger partial charge in [0, 0.05) is 19.2 Å². The number of carbonyl (C=O) groups is 1. The van der Waals surface area contributed by atoms with Crippen molar-refractivity contribution in [2.75, 3.05) is 37.7 Å². The smallest absolute Gasteiger partial charge is 0.324 e. The van der Waals surface area contributed by atoms with Gasteiger partial charge in [0.15, 0.2) is 0 Å². The Hall–Kier alpha value is -1.82. The second kappa shape index (κ2) is 5.28. The molecule has 2 heterocycles. The largest absolute Gasteiger partial charge is 0.487 e. The van der Waals surface area contributed by atoms with Crippen LogP contribution in [0, 0.1) is 5.82 Å². The first-order valence-electron chi connectivity index (χ1n) is 6.75. The van der Waals surface area contributed by atoms with Crippen LogP contribution in [-0.4, -0.2) is 49.9 Å². The molecule has 0 spiro atoms. The molecule has 3 rings (SSSR count). The number of hydrogen-bond donors (Lipinski definition) is 0. The van der Waals surface area contributed by atoms with Gasteiger partial charge < -0.3 is 14.4 Å². The molecular formula is C14H17FN2O3. The standard InChI is InChI=1S/C14H17FN2O3/c1-10-9-17(14(18)16-4-6-19-7-5-16)12-3-2-11(15)8-13(12)20-10/h2-3,8,10H,4-7,9H2,1H3/t10-/m1/s1. The Labute approximate surface area is 116 Å². The summed E-state index contributed by atoms with van der Waals surface area (Å²) in [5.41, 5.74) is 0.626. The predicted octanol–water partition coefficient (Wildman–Crippen LogP) is 1.87. The minimum atomic E-state index is -0.364. The summed E-state index contributed by atoms with van der Waals surface area (Å²) in [5.74, 6) is 0.0574. The summed E-state index contributed by atoms with van der Waals surface area (Å²) in [6.07, 6.45) is -0.158. The van der Waals surface area contributed by atoms with Gasteiger partial charge >= 0.3 is 6.03 Å². The number of anilines is 1. The molecule has 0 unspecified atom stereocenters. The fourth-order valence-electron chi connectivity index (χ4n) is 2.52. The third kappa shape index (κ3) is 2.43. The van der Waals surface area contributed by atoms with Crippen LogP contribution in [-0.2, 0) is 4.74 Å². The van der Waals surface area contributed by atoms with E-state index < -0.39 is 0 Å². The van der Waals surface area contributed by atoms with Gasteiger partial charge in [-0.1, -0.05) is 0 Å². The Morgan fingerprint density at radius 3 is 2.85 bits per heavy atom. The Morgan fingerprint density at radius 1 is 1.35 bits per heavy atom. The van der Waals surface area contributed by atoms with Gasteiger partial charge in [-0.05, 0) is 19.1 Å². The second-order valence-corrected chi connectivity index (χ2v) is 5.03. The zero-order chi connectivity index (χ0) is 14.1. The van der Waals surface area contributed by atoms with E-state index in [1.807, 2.05) is 6.92 Å². The van der Waals surface area contributed by atoms with E-state index in [4.69, 9.17) is 9.47 Å². The molecule has 0 aromatic heterocycles. The van der Waals surface area contributed by atoms with E-state index in [1.165, 1.54) is 12.1 Å². The van der Waals surface area contributed by atoms with Crippen molar-refractivity contribution < 1.29 is 18.7 Å². The quantitative estimate of drug-likeness (QED) is 0.728. The molecule has 0 bridgehead atoms. The van der Waals surface area contributed by atoms with Crippen molar-refractivity contribution in [2.24, 2.45) is 0 Å². The number of urea groups is 1. The third-order valence-electron chi connectivity index (χ3n) is 3.49. The van der Waals surface area contributed by atoms with Crippen molar-refractivity contribution >= 4 is 11.7 Å². The Bertz CT molecular complexity index is 517. The molecule has 0 saturated carbocycles. The predicted molar refractivity (Wildman–Crippen MR) is 71.6 cm³/mol. The molecule has 2 amide bonds. The minimum Gasteiger partial charge on any atom is -0.487 e. The lowest BCUT2D eigenvalue weighted by molar-refractivity contribution is 0.0540. The number of ether oxygens (including phenoxy) is 2. The van der Waals surface area contributed by atoms with Gasteiger partial charge in [-0.25, -0.2) is 9.18 Å². The number of rotatable bonds is 0. The summed E-state index contributed by atoms with van der Waals surface area (Å²) in [5, 5.41) is 0. The summed E-state index contributed by atoms with van der Waals surface area (Å²) in [7, 11) is 0. The monoisotopic (exact) mass is 280 g/mol. The van der Waals surface area contributed by atoms with Crippen molar-refractivity contribution in [3.05, 3.63) is 24.0 Å². The molecule has 2 aliphatic rings. The number of carbonyl (C=O) groups excluding carboxylic acids is 1. The molecule has 1 fully saturated rings. The van der Waals surface area contributed by atoms with E-state index in [-0.39, 0.29) is 18.0 Å². The van der Waals surface area contributed by atoms with E-state index in [2.05, 4.69) is 0 Å². The van der Waals surface area contributed by atoms with E-state index in [9.17, 15) is 9.18 Å². The number of amides is 2. The Kier molecular flexibility index (Phi) is 3.48. The van der Waals surface area contributed by atoms with Crippen LogP contribution in [0.25, 0.3) is 0 Å². The maximum atomic E-state index is 13.3. The highest BCUT2D eigenvalue weighted by molar-refractivity contribution is 5.94. The zero-order valence-corrected chi connectivity index (χ0v) is 11.3. The van der Waals surface area contributed by atoms with Gasteiger partial charge in [0.05, 0.1) is 25.4 Å². The average Bonchev–Trinajstić information content (AvgIpc) is 2.46. The number of hydrogen-bond acceptors (Lipinski definition) is 3. The lowest BCUT2D eigenvalue weighted by Crippen LogP contribution is -2.52. The molecule has 20 heavy (non-hydrogen) atoms. The highest BCUT2D eigenvalue weighted by Gasteiger charge is 2.31. The van der Waals surface area contributed by atoms with Gasteiger partial charge in [-0.2, -0.15) is 0 Å². The number of morpholine rings is 1. The van der Waals surface area contributed by atoms with Gasteiger partial charge in [-0.3, -0.25) is 4.90 Å². The van der Waals surface area contributed by atoms with E-state index in [1.54, 1.807) is 15.9 Å². The Balaban J connectivity index is 1.88. The number of fused-ring (bicyclic) bond motifs is 1. The first kappa shape index (κ1) is 13.2. The number of benzene rings is 1. The summed E-state index contributed by atoms with van der Waals surface area (Å²) >= 11 is 0. The molecule has 5 nitrogen and oxygen atoms in total. The highest BCUT2D eigenvalue weighted by Crippen LogP contribution is 2.34. The molecule has 1 saturated heterocycles. The second-order valence-electron chi connectivity index (χ2n) is 5.03. The summed E-state index contributed by atoms with van der Waals surface area (Å²) in [6, 6.07) is 4.19. The van der Waals surface area contributed by atoms with Gasteiger partial charge in [-0.15, -0.1) is 0 Å². The normalized spacial score (nSPS) is 22.2.